The zero-order valence-electron chi connectivity index (χ0n) is 23.5. The molecule has 2 aromatic carbocycles. The van der Waals surface area contributed by atoms with Crippen LogP contribution in [0.15, 0.2) is 47.3 Å². The number of hydrogen-bond donors (Lipinski definition) is 0. The third kappa shape index (κ3) is 6.53. The smallest absolute Gasteiger partial charge is 0.336 e. The van der Waals surface area contributed by atoms with Crippen LogP contribution in [-0.4, -0.2) is 65.4 Å². The van der Waals surface area contributed by atoms with E-state index in [0.29, 0.717) is 11.4 Å². The maximum Gasteiger partial charge on any atom is 0.336 e. The second kappa shape index (κ2) is 12.5. The molecule has 1 aliphatic heterocycles. The lowest BCUT2D eigenvalue weighted by molar-refractivity contribution is -0.139. The minimum absolute atomic E-state index is 0.0157. The lowest BCUT2D eigenvalue weighted by Gasteiger charge is -2.34. The summed E-state index contributed by atoms with van der Waals surface area (Å²) in [5.41, 5.74) is 1.96. The van der Waals surface area contributed by atoms with Gasteiger partial charge in [-0.15, -0.1) is 0 Å². The van der Waals surface area contributed by atoms with Crippen molar-refractivity contribution in [2.24, 2.45) is 5.92 Å². The van der Waals surface area contributed by atoms with Crippen molar-refractivity contribution < 1.29 is 23.8 Å². The average Bonchev–Trinajstić information content (AvgIpc) is 3.22. The van der Waals surface area contributed by atoms with Gasteiger partial charge >= 0.3 is 11.7 Å². The summed E-state index contributed by atoms with van der Waals surface area (Å²) >= 11 is 0. The molecule has 210 valence electrons. The third-order valence-electron chi connectivity index (χ3n) is 7.50. The maximum absolute atomic E-state index is 13.4. The van der Waals surface area contributed by atoms with E-state index < -0.39 is 18.5 Å². The number of methoxy groups -OCH3 is 1. The molecule has 0 spiro atoms. The topological polar surface area (TPSA) is 92.0 Å². The summed E-state index contributed by atoms with van der Waals surface area (Å²) in [6, 6.07) is 13.2. The molecular formula is C30H39N3O6. The second-order valence-electron chi connectivity index (χ2n) is 10.5. The van der Waals surface area contributed by atoms with Crippen LogP contribution < -0.4 is 15.2 Å². The van der Waals surface area contributed by atoms with Crippen LogP contribution in [0.1, 0.15) is 56.4 Å². The van der Waals surface area contributed by atoms with Crippen molar-refractivity contribution in [3.8, 4) is 11.5 Å². The molecule has 0 N–H and O–H groups in total. The van der Waals surface area contributed by atoms with E-state index in [-0.39, 0.29) is 17.8 Å². The van der Waals surface area contributed by atoms with Gasteiger partial charge in [0.2, 0.25) is 0 Å². The molecule has 4 rings (SSSR count). The number of carbonyl (C=O) groups excluding carboxylic acids is 2. The third-order valence-corrected chi connectivity index (χ3v) is 7.50. The van der Waals surface area contributed by atoms with Crippen molar-refractivity contribution in [1.29, 1.82) is 0 Å². The van der Waals surface area contributed by atoms with Crippen LogP contribution in [0.4, 0.5) is 0 Å². The predicted molar refractivity (Wildman–Crippen MR) is 150 cm³/mol. The van der Waals surface area contributed by atoms with E-state index in [2.05, 4.69) is 18.7 Å². The Balaban J connectivity index is 1.42. The number of ether oxygens (including phenoxy) is 3. The normalized spacial score (nSPS) is 15.4. The van der Waals surface area contributed by atoms with E-state index in [0.717, 1.165) is 66.0 Å². The number of carbonyl (C=O) groups is 2. The number of para-hydroxylation sites is 2. The van der Waals surface area contributed by atoms with Crippen molar-refractivity contribution in [2.75, 3.05) is 33.4 Å². The van der Waals surface area contributed by atoms with Gasteiger partial charge in [-0.05, 0) is 55.9 Å². The van der Waals surface area contributed by atoms with Gasteiger partial charge in [0.25, 0.3) is 5.91 Å². The number of nitrogens with zero attached hydrogens (tertiary/aromatic N) is 3. The molecule has 2 heterocycles. The zero-order chi connectivity index (χ0) is 28.1. The second-order valence-corrected chi connectivity index (χ2v) is 10.5. The quantitative estimate of drug-likeness (QED) is 0.353. The summed E-state index contributed by atoms with van der Waals surface area (Å²) in [5, 5.41) is 0. The first kappa shape index (κ1) is 28.4. The van der Waals surface area contributed by atoms with E-state index in [1.54, 1.807) is 23.8 Å². The number of benzene rings is 2. The van der Waals surface area contributed by atoms with Gasteiger partial charge in [0.15, 0.2) is 6.61 Å². The number of esters is 1. The predicted octanol–water partition coefficient (Wildman–Crippen LogP) is 4.45. The van der Waals surface area contributed by atoms with Crippen molar-refractivity contribution in [3.63, 3.8) is 0 Å². The molecule has 1 aliphatic rings. The number of imidazole rings is 1. The lowest BCUT2D eigenvalue weighted by Crippen LogP contribution is -2.40. The molecule has 1 unspecified atom stereocenters. The summed E-state index contributed by atoms with van der Waals surface area (Å²) in [5.74, 6) is 0.878. The lowest BCUT2D eigenvalue weighted by atomic mass is 10.0. The molecule has 0 radical (unpaired) electrons. The molecule has 1 saturated heterocycles. The van der Waals surface area contributed by atoms with Crippen LogP contribution in [0.25, 0.3) is 11.0 Å². The molecule has 1 aromatic heterocycles. The first-order valence-electron chi connectivity index (χ1n) is 13.6. The van der Waals surface area contributed by atoms with Crippen molar-refractivity contribution in [1.82, 2.24) is 14.0 Å². The zero-order valence-corrected chi connectivity index (χ0v) is 23.5. The fourth-order valence-corrected chi connectivity index (χ4v) is 5.23. The highest BCUT2D eigenvalue weighted by molar-refractivity contribution is 5.92. The maximum atomic E-state index is 13.4. The monoisotopic (exact) mass is 537 g/mol. The molecule has 0 aliphatic carbocycles. The first-order valence-corrected chi connectivity index (χ1v) is 13.6. The Kier molecular flexibility index (Phi) is 9.12. The molecule has 0 amide bonds. The first-order chi connectivity index (χ1) is 18.7. The Morgan fingerprint density at radius 1 is 1.05 bits per heavy atom. The molecule has 0 saturated carbocycles. The van der Waals surface area contributed by atoms with Crippen LogP contribution in [-0.2, 0) is 9.53 Å². The van der Waals surface area contributed by atoms with Crippen LogP contribution >= 0.6 is 0 Å². The minimum Gasteiger partial charge on any atom is -0.497 e. The number of hydrogen-bond acceptors (Lipinski definition) is 7. The highest BCUT2D eigenvalue weighted by atomic mass is 16.5. The molecule has 1 fully saturated rings. The van der Waals surface area contributed by atoms with E-state index in [1.165, 1.54) is 6.92 Å². The van der Waals surface area contributed by atoms with Crippen molar-refractivity contribution in [3.05, 3.63) is 58.5 Å². The summed E-state index contributed by atoms with van der Waals surface area (Å²) < 4.78 is 19.6. The van der Waals surface area contributed by atoms with Gasteiger partial charge in [0.1, 0.15) is 17.6 Å². The molecule has 3 aromatic rings. The standard InChI is InChI=1S/C30H39N3O6/c1-20(2)27(39-28-18-24(37-5)11-10-21(28)3)14-17-31-15-12-23(13-16-31)32-25-8-6-7-9-26(25)33(30(32)36)29(35)19-38-22(4)34/h6-11,18,20,23,27H,12-17,19H2,1-5H3. The Bertz CT molecular complexity index is 1370. The molecule has 9 heteroatoms. The fourth-order valence-electron chi connectivity index (χ4n) is 5.23. The number of aryl methyl sites for hydroxylation is 1. The number of fused-ring (bicyclic) bond motifs is 1. The van der Waals surface area contributed by atoms with Gasteiger partial charge in [-0.3, -0.25) is 14.2 Å². The van der Waals surface area contributed by atoms with E-state index in [9.17, 15) is 14.4 Å². The summed E-state index contributed by atoms with van der Waals surface area (Å²) in [7, 11) is 1.66. The Morgan fingerprint density at radius 2 is 1.74 bits per heavy atom. The Morgan fingerprint density at radius 3 is 2.38 bits per heavy atom. The molecular weight excluding hydrogens is 498 g/mol. The number of piperidine rings is 1. The van der Waals surface area contributed by atoms with Gasteiger partial charge in [-0.2, -0.15) is 0 Å². The Labute approximate surface area is 229 Å². The molecule has 0 bridgehead atoms. The van der Waals surface area contributed by atoms with Gasteiger partial charge in [0.05, 0.1) is 18.1 Å². The largest absolute Gasteiger partial charge is 0.497 e. The van der Waals surface area contributed by atoms with E-state index >= 15 is 0 Å². The van der Waals surface area contributed by atoms with Gasteiger partial charge in [0, 0.05) is 38.7 Å². The number of rotatable bonds is 10. The van der Waals surface area contributed by atoms with Crippen molar-refractivity contribution >= 4 is 22.9 Å². The highest BCUT2D eigenvalue weighted by Crippen LogP contribution is 2.29. The van der Waals surface area contributed by atoms with Crippen LogP contribution in [0, 0.1) is 12.8 Å². The number of aromatic nitrogens is 2. The highest BCUT2D eigenvalue weighted by Gasteiger charge is 2.28. The fraction of sp³-hybridized carbons (Fsp3) is 0.500. The van der Waals surface area contributed by atoms with E-state index in [1.807, 2.05) is 37.3 Å². The number of likely N-dealkylation sites (tertiary alicyclic amines) is 1. The molecule has 9 nitrogen and oxygen atoms in total. The van der Waals surface area contributed by atoms with Crippen LogP contribution in [0.5, 0.6) is 11.5 Å². The van der Waals surface area contributed by atoms with Crippen molar-refractivity contribution in [2.45, 2.75) is 59.1 Å². The van der Waals surface area contributed by atoms with Crippen LogP contribution in [0.3, 0.4) is 0 Å². The SMILES string of the molecule is COc1ccc(C)c(OC(CCN2CCC(n3c(=O)n(C(=O)COC(C)=O)c4ccccc43)CC2)C(C)C)c1. The Hall–Kier alpha value is -3.59. The molecule has 39 heavy (non-hydrogen) atoms. The minimum atomic E-state index is -0.559. The average molecular weight is 538 g/mol. The summed E-state index contributed by atoms with van der Waals surface area (Å²) in [6.45, 7) is 9.77. The van der Waals surface area contributed by atoms with Gasteiger partial charge in [-0.1, -0.05) is 32.0 Å². The van der Waals surface area contributed by atoms with E-state index in [4.69, 9.17) is 14.2 Å². The van der Waals surface area contributed by atoms with Gasteiger partial charge < -0.3 is 19.1 Å². The summed E-state index contributed by atoms with van der Waals surface area (Å²) in [6.07, 6.45) is 2.56. The summed E-state index contributed by atoms with van der Waals surface area (Å²) in [4.78, 5) is 39.8. The van der Waals surface area contributed by atoms with Crippen LogP contribution in [0.2, 0.25) is 0 Å². The molecule has 1 atom stereocenters. The van der Waals surface area contributed by atoms with Gasteiger partial charge in [-0.25, -0.2) is 9.36 Å².